The number of benzene rings is 1. The highest BCUT2D eigenvalue weighted by molar-refractivity contribution is 7.09. The van der Waals surface area contributed by atoms with Gasteiger partial charge in [0.15, 0.2) is 0 Å². The van der Waals surface area contributed by atoms with Crippen LogP contribution in [-0.4, -0.2) is 26.9 Å². The Balaban J connectivity index is 1.84. The molecule has 1 amide bonds. The van der Waals surface area contributed by atoms with E-state index in [9.17, 15) is 9.59 Å². The minimum atomic E-state index is -0.177. The lowest BCUT2D eigenvalue weighted by Crippen LogP contribution is -2.36. The van der Waals surface area contributed by atoms with Gasteiger partial charge in [-0.15, -0.1) is 11.3 Å². The molecule has 0 aliphatic heterocycles. The molecule has 0 spiro atoms. The smallest absolute Gasteiger partial charge is 0.261 e. The Morgan fingerprint density at radius 1 is 1.29 bits per heavy atom. The SMILES string of the molecule is CCN(Cc1cccs1)C(=O)Cn1cnc2c(C)cccc2c1=O. The Hall–Kier alpha value is -2.47. The second kappa shape index (κ2) is 6.97. The highest BCUT2D eigenvalue weighted by Gasteiger charge is 2.15. The molecule has 24 heavy (non-hydrogen) atoms. The second-order valence-electron chi connectivity index (χ2n) is 5.64. The summed E-state index contributed by atoms with van der Waals surface area (Å²) in [6, 6.07) is 9.49. The third-order valence-corrected chi connectivity index (χ3v) is 4.88. The van der Waals surface area contributed by atoms with Gasteiger partial charge in [0, 0.05) is 11.4 Å². The van der Waals surface area contributed by atoms with Crippen LogP contribution in [0.25, 0.3) is 10.9 Å². The number of rotatable bonds is 5. The third-order valence-electron chi connectivity index (χ3n) is 4.02. The van der Waals surface area contributed by atoms with Crippen molar-refractivity contribution < 1.29 is 4.79 Å². The van der Waals surface area contributed by atoms with Crippen molar-refractivity contribution in [3.63, 3.8) is 0 Å². The van der Waals surface area contributed by atoms with Crippen molar-refractivity contribution in [1.29, 1.82) is 0 Å². The summed E-state index contributed by atoms with van der Waals surface area (Å²) in [7, 11) is 0. The van der Waals surface area contributed by atoms with Crippen LogP contribution < -0.4 is 5.56 Å². The van der Waals surface area contributed by atoms with Crippen LogP contribution in [-0.2, 0) is 17.9 Å². The summed E-state index contributed by atoms with van der Waals surface area (Å²) in [5.74, 6) is -0.0817. The number of amides is 1. The Kier molecular flexibility index (Phi) is 4.76. The summed E-state index contributed by atoms with van der Waals surface area (Å²) in [5.41, 5.74) is 1.47. The Morgan fingerprint density at radius 2 is 2.12 bits per heavy atom. The topological polar surface area (TPSA) is 55.2 Å². The third kappa shape index (κ3) is 3.23. The van der Waals surface area contributed by atoms with E-state index in [1.54, 1.807) is 22.3 Å². The van der Waals surface area contributed by atoms with Gasteiger partial charge < -0.3 is 4.90 Å². The summed E-state index contributed by atoms with van der Waals surface area (Å²) in [6.07, 6.45) is 1.47. The molecule has 0 radical (unpaired) electrons. The van der Waals surface area contributed by atoms with Gasteiger partial charge in [0.05, 0.1) is 23.8 Å². The standard InChI is InChI=1S/C18H19N3O2S/c1-3-20(10-14-7-5-9-24-14)16(22)11-21-12-19-17-13(2)6-4-8-15(17)18(21)23/h4-9,12H,3,10-11H2,1-2H3. The number of hydrogen-bond acceptors (Lipinski definition) is 4. The van der Waals surface area contributed by atoms with Crippen molar-refractivity contribution >= 4 is 28.1 Å². The molecule has 0 atom stereocenters. The first kappa shape index (κ1) is 16.4. The molecule has 0 saturated heterocycles. The number of carbonyl (C=O) groups is 1. The van der Waals surface area contributed by atoms with Crippen LogP contribution >= 0.6 is 11.3 Å². The molecule has 1 aromatic carbocycles. The highest BCUT2D eigenvalue weighted by Crippen LogP contribution is 2.13. The fraction of sp³-hybridized carbons (Fsp3) is 0.278. The molecule has 6 heteroatoms. The lowest BCUT2D eigenvalue weighted by molar-refractivity contribution is -0.132. The molecule has 124 valence electrons. The second-order valence-corrected chi connectivity index (χ2v) is 6.67. The average Bonchev–Trinajstić information content (AvgIpc) is 3.09. The van der Waals surface area contributed by atoms with Crippen molar-refractivity contribution in [2.24, 2.45) is 0 Å². The van der Waals surface area contributed by atoms with E-state index in [-0.39, 0.29) is 18.0 Å². The van der Waals surface area contributed by atoms with Crippen molar-refractivity contribution in [3.8, 4) is 0 Å². The number of aryl methyl sites for hydroxylation is 1. The van der Waals surface area contributed by atoms with Gasteiger partial charge >= 0.3 is 0 Å². The van der Waals surface area contributed by atoms with Crippen LogP contribution in [0.1, 0.15) is 17.4 Å². The molecule has 0 unspecified atom stereocenters. The summed E-state index contributed by atoms with van der Waals surface area (Å²) in [4.78, 5) is 32.4. The van der Waals surface area contributed by atoms with Gasteiger partial charge in [0.2, 0.25) is 5.91 Å². The molecular formula is C18H19N3O2S. The van der Waals surface area contributed by atoms with Gasteiger partial charge in [-0.2, -0.15) is 0 Å². The van der Waals surface area contributed by atoms with E-state index in [1.165, 1.54) is 10.9 Å². The predicted molar refractivity (Wildman–Crippen MR) is 96.2 cm³/mol. The molecule has 0 aliphatic carbocycles. The normalized spacial score (nSPS) is 10.9. The fourth-order valence-electron chi connectivity index (χ4n) is 2.66. The molecule has 0 saturated carbocycles. The fourth-order valence-corrected chi connectivity index (χ4v) is 3.38. The van der Waals surface area contributed by atoms with Crippen LogP contribution in [0, 0.1) is 6.92 Å². The molecular weight excluding hydrogens is 322 g/mol. The molecule has 2 heterocycles. The number of thiophene rings is 1. The first-order chi connectivity index (χ1) is 11.6. The van der Waals surface area contributed by atoms with E-state index in [0.717, 1.165) is 10.4 Å². The first-order valence-electron chi connectivity index (χ1n) is 7.85. The van der Waals surface area contributed by atoms with Gasteiger partial charge in [-0.25, -0.2) is 4.98 Å². The van der Waals surface area contributed by atoms with Crippen molar-refractivity contribution in [2.75, 3.05) is 6.54 Å². The van der Waals surface area contributed by atoms with Crippen LogP contribution in [0.2, 0.25) is 0 Å². The Bertz CT molecular complexity index is 916. The van der Waals surface area contributed by atoms with Crippen molar-refractivity contribution in [3.05, 3.63) is 62.8 Å². The molecule has 3 aromatic rings. The van der Waals surface area contributed by atoms with Crippen molar-refractivity contribution in [1.82, 2.24) is 14.5 Å². The van der Waals surface area contributed by atoms with Crippen LogP contribution in [0.4, 0.5) is 0 Å². The van der Waals surface area contributed by atoms with E-state index in [2.05, 4.69) is 4.98 Å². The zero-order valence-electron chi connectivity index (χ0n) is 13.7. The lowest BCUT2D eigenvalue weighted by atomic mass is 10.1. The number of carbonyl (C=O) groups excluding carboxylic acids is 1. The van der Waals surface area contributed by atoms with E-state index >= 15 is 0 Å². The predicted octanol–water partition coefficient (Wildman–Crippen LogP) is 2.82. The van der Waals surface area contributed by atoms with Crippen molar-refractivity contribution in [2.45, 2.75) is 26.9 Å². The van der Waals surface area contributed by atoms with Crippen LogP contribution in [0.3, 0.4) is 0 Å². The lowest BCUT2D eigenvalue weighted by Gasteiger charge is -2.20. The summed E-state index contributed by atoms with van der Waals surface area (Å²) in [6.45, 7) is 5.04. The molecule has 0 N–H and O–H groups in total. The highest BCUT2D eigenvalue weighted by atomic mass is 32.1. The largest absolute Gasteiger partial charge is 0.336 e. The quantitative estimate of drug-likeness (QED) is 0.717. The van der Waals surface area contributed by atoms with Gasteiger partial charge in [-0.1, -0.05) is 18.2 Å². The summed E-state index contributed by atoms with van der Waals surface area (Å²) in [5, 5.41) is 2.54. The average molecular weight is 341 g/mol. The molecule has 0 bridgehead atoms. The van der Waals surface area contributed by atoms with E-state index < -0.39 is 0 Å². The van der Waals surface area contributed by atoms with Crippen LogP contribution in [0.5, 0.6) is 0 Å². The first-order valence-corrected chi connectivity index (χ1v) is 8.73. The Labute approximate surface area is 144 Å². The summed E-state index contributed by atoms with van der Waals surface area (Å²) >= 11 is 1.62. The number of fused-ring (bicyclic) bond motifs is 1. The number of hydrogen-bond donors (Lipinski definition) is 0. The maximum atomic E-state index is 12.6. The maximum Gasteiger partial charge on any atom is 0.261 e. The van der Waals surface area contributed by atoms with Gasteiger partial charge in [0.25, 0.3) is 5.56 Å². The molecule has 2 aromatic heterocycles. The van der Waals surface area contributed by atoms with Gasteiger partial charge in [-0.05, 0) is 36.9 Å². The van der Waals surface area contributed by atoms with Crippen LogP contribution in [0.15, 0.2) is 46.8 Å². The minimum absolute atomic E-state index is 0.00886. The number of nitrogens with zero attached hydrogens (tertiary/aromatic N) is 3. The minimum Gasteiger partial charge on any atom is -0.336 e. The van der Waals surface area contributed by atoms with E-state index in [0.29, 0.717) is 24.0 Å². The zero-order valence-corrected chi connectivity index (χ0v) is 14.5. The van der Waals surface area contributed by atoms with Gasteiger partial charge in [0.1, 0.15) is 6.54 Å². The molecule has 0 aliphatic rings. The molecule has 5 nitrogen and oxygen atoms in total. The van der Waals surface area contributed by atoms with Gasteiger partial charge in [-0.3, -0.25) is 14.2 Å². The van der Waals surface area contributed by atoms with E-state index in [4.69, 9.17) is 0 Å². The zero-order chi connectivity index (χ0) is 17.1. The van der Waals surface area contributed by atoms with E-state index in [1.807, 2.05) is 43.5 Å². The molecule has 0 fully saturated rings. The monoisotopic (exact) mass is 341 g/mol. The molecule has 3 rings (SSSR count). The summed E-state index contributed by atoms with van der Waals surface area (Å²) < 4.78 is 1.39. The Morgan fingerprint density at radius 3 is 2.83 bits per heavy atom. The number of likely N-dealkylation sites (N-methyl/N-ethyl adjacent to an activating group) is 1. The number of para-hydroxylation sites is 1. The maximum absolute atomic E-state index is 12.6. The number of aromatic nitrogens is 2.